The SMILES string of the molecule is CCN(O)C(=N)C(=NOCc1csc(NC(=O)O)n1)c1ccccc1. The number of thiazole rings is 1. The number of amides is 1. The van der Waals surface area contributed by atoms with E-state index in [1.54, 1.807) is 36.6 Å². The first-order chi connectivity index (χ1) is 12.0. The van der Waals surface area contributed by atoms with Crippen molar-refractivity contribution < 1.29 is 19.9 Å². The molecule has 0 fully saturated rings. The first-order valence-corrected chi connectivity index (χ1v) is 8.14. The standard InChI is InChI=1S/C15H17N5O4S/c1-2-20(23)13(16)12(10-6-4-3-5-7-10)19-24-8-11-9-25-14(17-11)18-15(21)22/h3-7,9,16,23H,2,8H2,1H3,(H,17,18)(H,21,22). The van der Waals surface area contributed by atoms with Crippen molar-refractivity contribution in [3.05, 3.63) is 47.0 Å². The Morgan fingerprint density at radius 2 is 2.16 bits per heavy atom. The molecule has 2 rings (SSSR count). The minimum Gasteiger partial charge on any atom is -0.465 e. The molecule has 0 aliphatic carbocycles. The van der Waals surface area contributed by atoms with Gasteiger partial charge < -0.3 is 9.94 Å². The van der Waals surface area contributed by atoms with Crippen molar-refractivity contribution in [2.45, 2.75) is 13.5 Å². The molecule has 1 heterocycles. The van der Waals surface area contributed by atoms with Gasteiger partial charge in [-0.25, -0.2) is 14.8 Å². The summed E-state index contributed by atoms with van der Waals surface area (Å²) in [7, 11) is 0. The molecule has 0 aliphatic rings. The van der Waals surface area contributed by atoms with Gasteiger partial charge in [0, 0.05) is 17.5 Å². The Morgan fingerprint density at radius 3 is 2.80 bits per heavy atom. The zero-order chi connectivity index (χ0) is 18.2. The minimum absolute atomic E-state index is 0.00103. The highest BCUT2D eigenvalue weighted by Gasteiger charge is 2.16. The number of anilines is 1. The van der Waals surface area contributed by atoms with E-state index in [-0.39, 0.29) is 29.8 Å². The quantitative estimate of drug-likeness (QED) is 0.340. The third kappa shape index (κ3) is 5.26. The summed E-state index contributed by atoms with van der Waals surface area (Å²) in [5, 5.41) is 35.2. The van der Waals surface area contributed by atoms with Crippen molar-refractivity contribution >= 4 is 34.1 Å². The van der Waals surface area contributed by atoms with Crippen LogP contribution in [-0.2, 0) is 11.4 Å². The maximum atomic E-state index is 10.6. The Morgan fingerprint density at radius 1 is 1.44 bits per heavy atom. The number of nitrogens with zero attached hydrogens (tertiary/aromatic N) is 3. The normalized spacial score (nSPS) is 11.0. The predicted molar refractivity (Wildman–Crippen MR) is 93.4 cm³/mol. The first-order valence-electron chi connectivity index (χ1n) is 7.26. The van der Waals surface area contributed by atoms with Gasteiger partial charge in [-0.3, -0.25) is 15.9 Å². The van der Waals surface area contributed by atoms with E-state index in [1.807, 2.05) is 6.07 Å². The van der Waals surface area contributed by atoms with Crippen LogP contribution in [0.4, 0.5) is 9.93 Å². The van der Waals surface area contributed by atoms with Crippen LogP contribution in [0.5, 0.6) is 0 Å². The average molecular weight is 363 g/mol. The fourth-order valence-electron chi connectivity index (χ4n) is 1.79. The van der Waals surface area contributed by atoms with Crippen molar-refractivity contribution in [2.75, 3.05) is 11.9 Å². The highest BCUT2D eigenvalue weighted by atomic mass is 32.1. The van der Waals surface area contributed by atoms with Crippen LogP contribution in [-0.4, -0.2) is 44.5 Å². The molecule has 0 unspecified atom stereocenters. The topological polar surface area (TPSA) is 131 Å². The molecule has 1 amide bonds. The first kappa shape index (κ1) is 18.4. The summed E-state index contributed by atoms with van der Waals surface area (Å²) in [5.41, 5.74) is 1.28. The molecule has 1 aromatic carbocycles. The number of hydrogen-bond donors (Lipinski definition) is 4. The molecule has 9 nitrogen and oxygen atoms in total. The van der Waals surface area contributed by atoms with E-state index in [1.165, 1.54) is 0 Å². The Balaban J connectivity index is 2.11. The maximum absolute atomic E-state index is 10.6. The van der Waals surface area contributed by atoms with Gasteiger partial charge in [0.1, 0.15) is 0 Å². The largest absolute Gasteiger partial charge is 0.465 e. The number of hydroxylamine groups is 2. The van der Waals surface area contributed by atoms with Gasteiger partial charge in [-0.05, 0) is 6.92 Å². The number of likely N-dealkylation sites (N-methyl/N-ethyl adjacent to an activating group) is 1. The van der Waals surface area contributed by atoms with Gasteiger partial charge in [-0.1, -0.05) is 35.5 Å². The minimum atomic E-state index is -1.19. The molecule has 25 heavy (non-hydrogen) atoms. The van der Waals surface area contributed by atoms with Crippen LogP contribution in [0.2, 0.25) is 0 Å². The Bertz CT molecular complexity index is 762. The lowest BCUT2D eigenvalue weighted by Crippen LogP contribution is -2.33. The number of carboxylic acid groups (broad SMARTS) is 1. The zero-order valence-electron chi connectivity index (χ0n) is 13.3. The number of oxime groups is 1. The smallest absolute Gasteiger partial charge is 0.410 e. The van der Waals surface area contributed by atoms with Gasteiger partial charge in [-0.2, -0.15) is 0 Å². The maximum Gasteiger partial charge on any atom is 0.410 e. The summed E-state index contributed by atoms with van der Waals surface area (Å²) in [5.74, 6) is -0.194. The predicted octanol–water partition coefficient (Wildman–Crippen LogP) is 2.84. The molecule has 2 aromatic rings. The number of benzene rings is 1. The molecule has 0 aliphatic heterocycles. The molecular weight excluding hydrogens is 346 g/mol. The highest BCUT2D eigenvalue weighted by molar-refractivity contribution is 7.13. The van der Waals surface area contributed by atoms with Crippen LogP contribution in [0.1, 0.15) is 18.2 Å². The van der Waals surface area contributed by atoms with E-state index in [4.69, 9.17) is 15.4 Å². The molecule has 4 N–H and O–H groups in total. The van der Waals surface area contributed by atoms with Crippen molar-refractivity contribution in [2.24, 2.45) is 5.16 Å². The van der Waals surface area contributed by atoms with Crippen molar-refractivity contribution in [3.63, 3.8) is 0 Å². The van der Waals surface area contributed by atoms with Crippen LogP contribution in [0.15, 0.2) is 40.9 Å². The van der Waals surface area contributed by atoms with E-state index in [0.29, 0.717) is 11.3 Å². The van der Waals surface area contributed by atoms with E-state index < -0.39 is 6.09 Å². The van der Waals surface area contributed by atoms with Crippen molar-refractivity contribution in [3.8, 4) is 0 Å². The lowest BCUT2D eigenvalue weighted by atomic mass is 10.1. The summed E-state index contributed by atoms with van der Waals surface area (Å²) in [4.78, 5) is 19.8. The van der Waals surface area contributed by atoms with Gasteiger partial charge in [0.05, 0.1) is 5.69 Å². The van der Waals surface area contributed by atoms with E-state index >= 15 is 0 Å². The molecule has 0 radical (unpaired) electrons. The molecule has 0 atom stereocenters. The molecule has 0 saturated carbocycles. The average Bonchev–Trinajstić information content (AvgIpc) is 3.04. The second-order valence-corrected chi connectivity index (χ2v) is 5.58. The fourth-order valence-corrected chi connectivity index (χ4v) is 2.48. The van der Waals surface area contributed by atoms with Crippen LogP contribution in [0.25, 0.3) is 0 Å². The van der Waals surface area contributed by atoms with Crippen LogP contribution < -0.4 is 5.32 Å². The Hall–Kier alpha value is -2.98. The second-order valence-electron chi connectivity index (χ2n) is 4.72. The van der Waals surface area contributed by atoms with E-state index in [2.05, 4.69) is 15.5 Å². The van der Waals surface area contributed by atoms with Gasteiger partial charge in [-0.15, -0.1) is 11.3 Å². The van der Waals surface area contributed by atoms with E-state index in [0.717, 1.165) is 16.4 Å². The number of aromatic nitrogens is 1. The van der Waals surface area contributed by atoms with Gasteiger partial charge in [0.15, 0.2) is 23.3 Å². The zero-order valence-corrected chi connectivity index (χ0v) is 14.2. The number of carbonyl (C=O) groups is 1. The lowest BCUT2D eigenvalue weighted by molar-refractivity contribution is -0.00791. The van der Waals surface area contributed by atoms with Gasteiger partial charge >= 0.3 is 6.09 Å². The molecule has 1 aromatic heterocycles. The highest BCUT2D eigenvalue weighted by Crippen LogP contribution is 2.16. The summed E-state index contributed by atoms with van der Waals surface area (Å²) in [6.45, 7) is 1.92. The Labute approximate surface area is 147 Å². The summed E-state index contributed by atoms with van der Waals surface area (Å²) in [6.07, 6.45) is -1.19. The second kappa shape index (κ2) is 8.76. The molecule has 0 bridgehead atoms. The molecule has 132 valence electrons. The van der Waals surface area contributed by atoms with Crippen LogP contribution >= 0.6 is 11.3 Å². The molecule has 0 spiro atoms. The van der Waals surface area contributed by atoms with Gasteiger partial charge in [0.2, 0.25) is 0 Å². The summed E-state index contributed by atoms with van der Waals surface area (Å²) < 4.78 is 0. The van der Waals surface area contributed by atoms with Crippen molar-refractivity contribution in [1.29, 1.82) is 5.41 Å². The monoisotopic (exact) mass is 363 g/mol. The van der Waals surface area contributed by atoms with E-state index in [9.17, 15) is 10.0 Å². The summed E-state index contributed by atoms with van der Waals surface area (Å²) in [6, 6.07) is 8.90. The van der Waals surface area contributed by atoms with Gasteiger partial charge in [0.25, 0.3) is 0 Å². The van der Waals surface area contributed by atoms with Crippen LogP contribution in [0, 0.1) is 5.41 Å². The number of rotatable bonds is 7. The third-order valence-electron chi connectivity index (χ3n) is 2.96. The molecular formula is C15H17N5O4S. The number of amidine groups is 1. The van der Waals surface area contributed by atoms with Crippen LogP contribution in [0.3, 0.4) is 0 Å². The number of nitrogens with one attached hydrogen (secondary N) is 2. The molecule has 10 heteroatoms. The number of hydrogen-bond acceptors (Lipinski definition) is 7. The van der Waals surface area contributed by atoms with Crippen molar-refractivity contribution in [1.82, 2.24) is 10.0 Å². The third-order valence-corrected chi connectivity index (χ3v) is 3.77. The summed E-state index contributed by atoms with van der Waals surface area (Å²) >= 11 is 1.13. The Kier molecular flexibility index (Phi) is 6.43. The fraction of sp³-hybridized carbons (Fsp3) is 0.200. The lowest BCUT2D eigenvalue weighted by Gasteiger charge is -2.16. The molecule has 0 saturated heterocycles.